The van der Waals surface area contributed by atoms with Gasteiger partial charge in [-0.25, -0.2) is 14.4 Å². The molecule has 0 aliphatic heterocycles. The Kier molecular flexibility index (Phi) is 2.84. The molecule has 2 aromatic rings. The Morgan fingerprint density at radius 2 is 2.06 bits per heavy atom. The molecule has 0 spiro atoms. The van der Waals surface area contributed by atoms with Crippen LogP contribution in [0.5, 0.6) is 0 Å². The van der Waals surface area contributed by atoms with Gasteiger partial charge in [-0.3, -0.25) is 0 Å². The molecule has 0 saturated heterocycles. The highest BCUT2D eigenvalue weighted by Crippen LogP contribution is 2.19. The second-order valence-corrected chi connectivity index (χ2v) is 3.77. The fourth-order valence-electron chi connectivity index (χ4n) is 1.42. The number of halogens is 1. The number of nitriles is 1. The van der Waals surface area contributed by atoms with Crippen LogP contribution in [0.2, 0.25) is 0 Å². The molecule has 17 heavy (non-hydrogen) atoms. The molecular formula is C13H10FN3. The van der Waals surface area contributed by atoms with E-state index in [9.17, 15) is 4.39 Å². The average Bonchev–Trinajstić information content (AvgIpc) is 2.33. The summed E-state index contributed by atoms with van der Waals surface area (Å²) in [6.45, 7) is 3.81. The van der Waals surface area contributed by atoms with Crippen LogP contribution in [0.4, 0.5) is 4.39 Å². The van der Waals surface area contributed by atoms with Crippen LogP contribution in [-0.2, 0) is 0 Å². The highest BCUT2D eigenvalue weighted by molar-refractivity contribution is 5.58. The zero-order valence-electron chi connectivity index (χ0n) is 9.53. The zero-order valence-corrected chi connectivity index (χ0v) is 9.53. The molecule has 0 unspecified atom stereocenters. The molecule has 2 rings (SSSR count). The minimum atomic E-state index is -0.528. The smallest absolute Gasteiger partial charge is 0.159 e. The topological polar surface area (TPSA) is 49.6 Å². The first-order valence-electron chi connectivity index (χ1n) is 5.12. The minimum absolute atomic E-state index is 0.00401. The number of aromatic nitrogens is 2. The van der Waals surface area contributed by atoms with Crippen LogP contribution >= 0.6 is 0 Å². The van der Waals surface area contributed by atoms with Crippen molar-refractivity contribution in [2.24, 2.45) is 0 Å². The average molecular weight is 227 g/mol. The standard InChI is InChI=1S/C13H10FN3/c1-8-7-16-13(17-9(8)2)10-3-4-12(14)11(5-10)6-15/h3-5,7H,1-2H3. The quantitative estimate of drug-likeness (QED) is 0.752. The molecule has 1 aromatic heterocycles. The molecule has 0 bridgehead atoms. The number of aryl methyl sites for hydroxylation is 2. The van der Waals surface area contributed by atoms with E-state index in [1.165, 1.54) is 12.1 Å². The van der Waals surface area contributed by atoms with Crippen LogP contribution in [0.25, 0.3) is 11.4 Å². The van der Waals surface area contributed by atoms with Crippen molar-refractivity contribution in [3.63, 3.8) is 0 Å². The summed E-state index contributed by atoms with van der Waals surface area (Å²) in [5.74, 6) is -0.0234. The zero-order chi connectivity index (χ0) is 12.4. The fourth-order valence-corrected chi connectivity index (χ4v) is 1.42. The van der Waals surface area contributed by atoms with E-state index in [1.54, 1.807) is 18.3 Å². The minimum Gasteiger partial charge on any atom is -0.236 e. The largest absolute Gasteiger partial charge is 0.236 e. The molecule has 4 heteroatoms. The van der Waals surface area contributed by atoms with Crippen LogP contribution in [0.15, 0.2) is 24.4 Å². The molecule has 0 atom stereocenters. The molecule has 3 nitrogen and oxygen atoms in total. The van der Waals surface area contributed by atoms with E-state index in [0.717, 1.165) is 11.3 Å². The van der Waals surface area contributed by atoms with Gasteiger partial charge < -0.3 is 0 Å². The lowest BCUT2D eigenvalue weighted by Crippen LogP contribution is -1.95. The van der Waals surface area contributed by atoms with E-state index in [2.05, 4.69) is 9.97 Å². The Morgan fingerprint density at radius 3 is 2.71 bits per heavy atom. The number of hydrogen-bond acceptors (Lipinski definition) is 3. The molecule has 0 N–H and O–H groups in total. The van der Waals surface area contributed by atoms with Gasteiger partial charge in [-0.15, -0.1) is 0 Å². The van der Waals surface area contributed by atoms with Crippen molar-refractivity contribution in [3.05, 3.63) is 47.0 Å². The van der Waals surface area contributed by atoms with Gasteiger partial charge in [0.15, 0.2) is 5.82 Å². The van der Waals surface area contributed by atoms with Crippen molar-refractivity contribution in [2.75, 3.05) is 0 Å². The lowest BCUT2D eigenvalue weighted by Gasteiger charge is -2.04. The predicted molar refractivity (Wildman–Crippen MR) is 61.6 cm³/mol. The summed E-state index contributed by atoms with van der Waals surface area (Å²) in [4.78, 5) is 8.48. The monoisotopic (exact) mass is 227 g/mol. The van der Waals surface area contributed by atoms with Crippen molar-refractivity contribution >= 4 is 0 Å². The van der Waals surface area contributed by atoms with Gasteiger partial charge in [-0.2, -0.15) is 5.26 Å². The third-order valence-electron chi connectivity index (χ3n) is 2.57. The first-order valence-corrected chi connectivity index (χ1v) is 5.12. The first kappa shape index (κ1) is 11.2. The maximum atomic E-state index is 13.2. The third-order valence-corrected chi connectivity index (χ3v) is 2.57. The Labute approximate surface area is 98.6 Å². The molecule has 0 aliphatic carbocycles. The molecule has 1 aromatic carbocycles. The molecule has 1 heterocycles. The molecule has 0 saturated carbocycles. The Hall–Kier alpha value is -2.28. The molecule has 0 radical (unpaired) electrons. The van der Waals surface area contributed by atoms with Crippen LogP contribution < -0.4 is 0 Å². The van der Waals surface area contributed by atoms with Gasteiger partial charge in [0.05, 0.1) is 5.56 Å². The fraction of sp³-hybridized carbons (Fsp3) is 0.154. The summed E-state index contributed by atoms with van der Waals surface area (Å²) in [6.07, 6.45) is 1.72. The van der Waals surface area contributed by atoms with Crippen LogP contribution in [0.3, 0.4) is 0 Å². The maximum Gasteiger partial charge on any atom is 0.159 e. The van der Waals surface area contributed by atoms with Gasteiger partial charge in [0.25, 0.3) is 0 Å². The molecule has 0 amide bonds. The number of benzene rings is 1. The number of hydrogen-bond donors (Lipinski definition) is 0. The van der Waals surface area contributed by atoms with E-state index in [4.69, 9.17) is 5.26 Å². The Balaban J connectivity index is 2.54. The van der Waals surface area contributed by atoms with Gasteiger partial charge in [-0.05, 0) is 37.6 Å². The number of rotatable bonds is 1. The van der Waals surface area contributed by atoms with Crippen LogP contribution in [0, 0.1) is 31.0 Å². The van der Waals surface area contributed by atoms with E-state index >= 15 is 0 Å². The third kappa shape index (κ3) is 2.13. The molecule has 0 aliphatic rings. The van der Waals surface area contributed by atoms with E-state index in [1.807, 2.05) is 13.8 Å². The maximum absolute atomic E-state index is 13.2. The van der Waals surface area contributed by atoms with Crippen molar-refractivity contribution in [1.82, 2.24) is 9.97 Å². The van der Waals surface area contributed by atoms with Crippen molar-refractivity contribution in [2.45, 2.75) is 13.8 Å². The van der Waals surface area contributed by atoms with Crippen molar-refractivity contribution in [1.29, 1.82) is 5.26 Å². The summed E-state index contributed by atoms with van der Waals surface area (Å²) in [7, 11) is 0. The van der Waals surface area contributed by atoms with Gasteiger partial charge in [-0.1, -0.05) is 0 Å². The summed E-state index contributed by atoms with van der Waals surface area (Å²) in [5, 5.41) is 8.76. The van der Waals surface area contributed by atoms with Gasteiger partial charge in [0.2, 0.25) is 0 Å². The summed E-state index contributed by atoms with van der Waals surface area (Å²) >= 11 is 0. The van der Waals surface area contributed by atoms with Crippen molar-refractivity contribution in [3.8, 4) is 17.5 Å². The molecule has 0 fully saturated rings. The van der Waals surface area contributed by atoms with E-state index < -0.39 is 5.82 Å². The normalized spacial score (nSPS) is 10.0. The van der Waals surface area contributed by atoms with E-state index in [-0.39, 0.29) is 5.56 Å². The SMILES string of the molecule is Cc1cnc(-c2ccc(F)c(C#N)c2)nc1C. The molecule has 84 valence electrons. The Bertz CT molecular complexity index is 615. The summed E-state index contributed by atoms with van der Waals surface area (Å²) < 4.78 is 13.2. The van der Waals surface area contributed by atoms with Crippen LogP contribution in [-0.4, -0.2) is 9.97 Å². The lowest BCUT2D eigenvalue weighted by atomic mass is 10.1. The first-order chi connectivity index (χ1) is 8.11. The second kappa shape index (κ2) is 4.30. The molecular weight excluding hydrogens is 217 g/mol. The highest BCUT2D eigenvalue weighted by Gasteiger charge is 2.07. The second-order valence-electron chi connectivity index (χ2n) is 3.77. The van der Waals surface area contributed by atoms with Gasteiger partial charge in [0, 0.05) is 17.5 Å². The van der Waals surface area contributed by atoms with Gasteiger partial charge >= 0.3 is 0 Å². The number of nitrogens with zero attached hydrogens (tertiary/aromatic N) is 3. The summed E-state index contributed by atoms with van der Waals surface area (Å²) in [6, 6.07) is 6.08. The highest BCUT2D eigenvalue weighted by atomic mass is 19.1. The van der Waals surface area contributed by atoms with E-state index in [0.29, 0.717) is 11.4 Å². The van der Waals surface area contributed by atoms with Crippen LogP contribution in [0.1, 0.15) is 16.8 Å². The van der Waals surface area contributed by atoms with Gasteiger partial charge in [0.1, 0.15) is 11.9 Å². The van der Waals surface area contributed by atoms with Crippen molar-refractivity contribution < 1.29 is 4.39 Å². The summed E-state index contributed by atoms with van der Waals surface area (Å²) in [5.41, 5.74) is 2.52. The predicted octanol–water partition coefficient (Wildman–Crippen LogP) is 2.77. The Morgan fingerprint density at radius 1 is 1.29 bits per heavy atom. The lowest BCUT2D eigenvalue weighted by molar-refractivity contribution is 0.624.